The van der Waals surface area contributed by atoms with Crippen molar-refractivity contribution in [1.29, 1.82) is 5.26 Å². The van der Waals surface area contributed by atoms with E-state index in [0.29, 0.717) is 22.3 Å². The highest BCUT2D eigenvalue weighted by Crippen LogP contribution is 2.19. The van der Waals surface area contributed by atoms with Gasteiger partial charge < -0.3 is 4.98 Å². The van der Waals surface area contributed by atoms with Crippen molar-refractivity contribution in [3.8, 4) is 6.07 Å². The van der Waals surface area contributed by atoms with Gasteiger partial charge in [0.05, 0.1) is 17.0 Å². The van der Waals surface area contributed by atoms with Gasteiger partial charge in [0.1, 0.15) is 11.6 Å². The van der Waals surface area contributed by atoms with Gasteiger partial charge in [0.25, 0.3) is 5.56 Å². The molecule has 1 N–H and O–H groups in total. The zero-order valence-electron chi connectivity index (χ0n) is 13.5. The smallest absolute Gasteiger partial charge is 0.258 e. The van der Waals surface area contributed by atoms with Crippen LogP contribution < -0.4 is 5.56 Å². The summed E-state index contributed by atoms with van der Waals surface area (Å²) in [5.74, 6) is -1.92. The molecule has 0 saturated heterocycles. The van der Waals surface area contributed by atoms with Gasteiger partial charge >= 0.3 is 0 Å². The summed E-state index contributed by atoms with van der Waals surface area (Å²) in [4.78, 5) is 31.3. The van der Waals surface area contributed by atoms with Gasteiger partial charge in [-0.3, -0.25) is 9.59 Å². The SMILES string of the molecule is N#C[C@H](C(=O)CCc1ccc(F)cc1)c1nc2cc(Cl)ccc2c(=O)[nH]1. The molecule has 7 heteroatoms. The van der Waals surface area contributed by atoms with Gasteiger partial charge in [-0.15, -0.1) is 0 Å². The van der Waals surface area contributed by atoms with E-state index >= 15 is 0 Å². The van der Waals surface area contributed by atoms with Crippen molar-refractivity contribution in [1.82, 2.24) is 9.97 Å². The van der Waals surface area contributed by atoms with Crippen molar-refractivity contribution in [2.24, 2.45) is 0 Å². The van der Waals surface area contributed by atoms with Crippen molar-refractivity contribution in [3.63, 3.8) is 0 Å². The Morgan fingerprint density at radius 2 is 2.00 bits per heavy atom. The molecule has 1 heterocycles. The lowest BCUT2D eigenvalue weighted by Gasteiger charge is -2.09. The first-order valence-corrected chi connectivity index (χ1v) is 8.22. The molecule has 2 aromatic carbocycles. The van der Waals surface area contributed by atoms with E-state index in [-0.39, 0.29) is 23.8 Å². The maximum absolute atomic E-state index is 12.9. The lowest BCUT2D eigenvalue weighted by atomic mass is 9.98. The number of fused-ring (bicyclic) bond motifs is 1. The molecule has 0 spiro atoms. The number of aryl methyl sites for hydroxylation is 1. The highest BCUT2D eigenvalue weighted by atomic mass is 35.5. The van der Waals surface area contributed by atoms with E-state index in [9.17, 15) is 19.2 Å². The first-order chi connectivity index (χ1) is 12.5. The number of ketones is 1. The summed E-state index contributed by atoms with van der Waals surface area (Å²) in [5, 5.41) is 10.1. The van der Waals surface area contributed by atoms with Gasteiger partial charge in [0.2, 0.25) is 0 Å². The van der Waals surface area contributed by atoms with E-state index in [2.05, 4.69) is 9.97 Å². The van der Waals surface area contributed by atoms with Crippen LogP contribution in [0, 0.1) is 17.1 Å². The van der Waals surface area contributed by atoms with Crippen molar-refractivity contribution in [2.45, 2.75) is 18.8 Å². The van der Waals surface area contributed by atoms with Crippen molar-refractivity contribution < 1.29 is 9.18 Å². The Morgan fingerprint density at radius 1 is 1.27 bits per heavy atom. The highest BCUT2D eigenvalue weighted by molar-refractivity contribution is 6.31. The van der Waals surface area contributed by atoms with E-state index < -0.39 is 11.5 Å². The van der Waals surface area contributed by atoms with Crippen LogP contribution in [0.3, 0.4) is 0 Å². The lowest BCUT2D eigenvalue weighted by Crippen LogP contribution is -2.20. The molecule has 130 valence electrons. The van der Waals surface area contributed by atoms with Crippen molar-refractivity contribution in [2.75, 3.05) is 0 Å². The average molecular weight is 370 g/mol. The van der Waals surface area contributed by atoms with Crippen LogP contribution in [0.2, 0.25) is 5.02 Å². The van der Waals surface area contributed by atoms with Gasteiger partial charge in [-0.25, -0.2) is 9.37 Å². The summed E-state index contributed by atoms with van der Waals surface area (Å²) in [6.45, 7) is 0. The van der Waals surface area contributed by atoms with Gasteiger partial charge in [0.15, 0.2) is 11.7 Å². The van der Waals surface area contributed by atoms with Crippen LogP contribution in [-0.4, -0.2) is 15.8 Å². The molecule has 3 aromatic rings. The Kier molecular flexibility index (Phi) is 5.10. The fourth-order valence-electron chi connectivity index (χ4n) is 2.62. The summed E-state index contributed by atoms with van der Waals surface area (Å²) in [6.07, 6.45) is 0.433. The standard InChI is InChI=1S/C19H13ClFN3O2/c20-12-4-7-14-16(9-12)23-18(24-19(14)26)15(10-22)17(25)8-3-11-1-5-13(21)6-2-11/h1-2,4-7,9,15H,3,8H2,(H,23,24,26)/t15-/m1/s1. The second-order valence-corrected chi connectivity index (χ2v) is 6.20. The molecule has 0 radical (unpaired) electrons. The molecule has 0 saturated carbocycles. The second kappa shape index (κ2) is 7.46. The number of Topliss-reactive ketones (excluding diaryl/α,β-unsaturated/α-hetero) is 1. The maximum atomic E-state index is 12.9. The molecule has 26 heavy (non-hydrogen) atoms. The lowest BCUT2D eigenvalue weighted by molar-refractivity contribution is -0.119. The number of nitrogens with one attached hydrogen (secondary N) is 1. The highest BCUT2D eigenvalue weighted by Gasteiger charge is 2.23. The van der Waals surface area contributed by atoms with Crippen LogP contribution in [0.15, 0.2) is 47.3 Å². The second-order valence-electron chi connectivity index (χ2n) is 5.77. The Labute approximate surface area is 153 Å². The van der Waals surface area contributed by atoms with E-state index in [1.807, 2.05) is 6.07 Å². The Morgan fingerprint density at radius 3 is 2.69 bits per heavy atom. The first-order valence-electron chi connectivity index (χ1n) is 7.84. The number of aromatic nitrogens is 2. The average Bonchev–Trinajstić information content (AvgIpc) is 2.61. The van der Waals surface area contributed by atoms with E-state index in [0.717, 1.165) is 5.56 Å². The molecule has 5 nitrogen and oxygen atoms in total. The number of carbonyl (C=O) groups excluding carboxylic acids is 1. The molecule has 0 aliphatic heterocycles. The zero-order chi connectivity index (χ0) is 18.7. The fraction of sp³-hybridized carbons (Fsp3) is 0.158. The number of halogens is 2. The third kappa shape index (κ3) is 3.79. The van der Waals surface area contributed by atoms with E-state index in [1.165, 1.54) is 24.3 Å². The molecule has 0 fully saturated rings. The summed E-state index contributed by atoms with van der Waals surface area (Å²) in [7, 11) is 0. The van der Waals surface area contributed by atoms with Gasteiger partial charge in [-0.05, 0) is 42.3 Å². The van der Waals surface area contributed by atoms with Gasteiger partial charge in [0, 0.05) is 11.4 Å². The number of benzene rings is 2. The molecule has 0 aliphatic rings. The van der Waals surface area contributed by atoms with Crippen molar-refractivity contribution >= 4 is 28.3 Å². The number of carbonyl (C=O) groups is 1. The summed E-state index contributed by atoms with van der Waals surface area (Å²) < 4.78 is 12.9. The molecule has 0 aliphatic carbocycles. The van der Waals surface area contributed by atoms with Crippen LogP contribution in [0.4, 0.5) is 4.39 Å². The number of hydrogen-bond acceptors (Lipinski definition) is 4. The molecular formula is C19H13ClFN3O2. The molecule has 0 bridgehead atoms. The number of nitriles is 1. The van der Waals surface area contributed by atoms with Crippen LogP contribution >= 0.6 is 11.6 Å². The third-order valence-corrected chi connectivity index (χ3v) is 4.22. The summed E-state index contributed by atoms with van der Waals surface area (Å²) in [6, 6.07) is 12.3. The van der Waals surface area contributed by atoms with Crippen LogP contribution in [0.25, 0.3) is 10.9 Å². The summed E-state index contributed by atoms with van der Waals surface area (Å²) >= 11 is 5.92. The maximum Gasteiger partial charge on any atom is 0.258 e. The molecule has 0 amide bonds. The fourth-order valence-corrected chi connectivity index (χ4v) is 2.78. The van der Waals surface area contributed by atoms with Crippen molar-refractivity contribution in [3.05, 3.63) is 75.0 Å². The Balaban J connectivity index is 1.84. The minimum atomic E-state index is -1.19. The van der Waals surface area contributed by atoms with Crippen LogP contribution in [-0.2, 0) is 11.2 Å². The number of nitrogens with zero attached hydrogens (tertiary/aromatic N) is 2. The number of H-pyrrole nitrogens is 1. The van der Waals surface area contributed by atoms with Crippen LogP contribution in [0.5, 0.6) is 0 Å². The minimum Gasteiger partial charge on any atom is -0.308 e. The number of rotatable bonds is 5. The van der Waals surface area contributed by atoms with E-state index in [1.54, 1.807) is 18.2 Å². The minimum absolute atomic E-state index is 0.00336. The topological polar surface area (TPSA) is 86.6 Å². The molecule has 1 atom stereocenters. The predicted molar refractivity (Wildman–Crippen MR) is 95.5 cm³/mol. The monoisotopic (exact) mass is 369 g/mol. The molecular weight excluding hydrogens is 357 g/mol. The Hall–Kier alpha value is -3.04. The zero-order valence-corrected chi connectivity index (χ0v) is 14.3. The number of aromatic amines is 1. The van der Waals surface area contributed by atoms with Gasteiger partial charge in [-0.1, -0.05) is 23.7 Å². The normalized spacial score (nSPS) is 11.9. The van der Waals surface area contributed by atoms with E-state index in [4.69, 9.17) is 11.6 Å². The quantitative estimate of drug-likeness (QED) is 0.745. The number of hydrogen-bond donors (Lipinski definition) is 1. The first kappa shape index (κ1) is 17.8. The molecule has 0 unspecified atom stereocenters. The van der Waals surface area contributed by atoms with Gasteiger partial charge in [-0.2, -0.15) is 5.26 Å². The summed E-state index contributed by atoms with van der Waals surface area (Å²) in [5.41, 5.74) is 0.666. The van der Waals surface area contributed by atoms with Crippen LogP contribution in [0.1, 0.15) is 23.7 Å². The molecule has 3 rings (SSSR count). The predicted octanol–water partition coefficient (Wildman–Crippen LogP) is 3.52. The third-order valence-electron chi connectivity index (χ3n) is 3.98. The largest absolute Gasteiger partial charge is 0.308 e. The Bertz CT molecular complexity index is 1070. The molecule has 1 aromatic heterocycles.